The monoisotopic (exact) mass is 214 g/mol. The summed E-state index contributed by atoms with van der Waals surface area (Å²) in [5.74, 6) is -0.140. The van der Waals surface area contributed by atoms with Gasteiger partial charge < -0.3 is 9.84 Å². The molecule has 0 aliphatic heterocycles. The molecule has 0 heterocycles. The van der Waals surface area contributed by atoms with Crippen molar-refractivity contribution in [3.63, 3.8) is 0 Å². The van der Waals surface area contributed by atoms with Gasteiger partial charge in [-0.15, -0.1) is 0 Å². The minimum Gasteiger partial charge on any atom is -0.497 e. The van der Waals surface area contributed by atoms with E-state index >= 15 is 0 Å². The second kappa shape index (κ2) is 4.86. The Balaban J connectivity index is 2.78. The normalized spacial score (nSPS) is 9.86. The number of hydrogen-bond acceptors (Lipinski definition) is 2. The van der Waals surface area contributed by atoms with E-state index in [4.69, 9.17) is 21.4 Å². The molecule has 0 aliphatic rings. The Kier molecular flexibility index (Phi) is 3.77. The van der Waals surface area contributed by atoms with E-state index in [-0.39, 0.29) is 6.42 Å². The van der Waals surface area contributed by atoms with Gasteiger partial charge in [0.25, 0.3) is 0 Å². The molecule has 0 saturated carbocycles. The van der Waals surface area contributed by atoms with Crippen LogP contribution < -0.4 is 4.74 Å². The van der Waals surface area contributed by atoms with Crippen LogP contribution in [0.25, 0.3) is 0 Å². The van der Waals surface area contributed by atoms with Crippen molar-refractivity contribution in [1.29, 1.82) is 0 Å². The van der Waals surface area contributed by atoms with E-state index in [1.807, 2.05) is 0 Å². The molecule has 14 heavy (non-hydrogen) atoms. The summed E-state index contributed by atoms with van der Waals surface area (Å²) in [5.41, 5.74) is 0.799. The Bertz CT molecular complexity index is 336. The van der Waals surface area contributed by atoms with Gasteiger partial charge >= 0.3 is 5.97 Å². The molecule has 0 amide bonds. The molecule has 0 unspecified atom stereocenters. The van der Waals surface area contributed by atoms with Gasteiger partial charge in [-0.2, -0.15) is 0 Å². The smallest absolute Gasteiger partial charge is 0.303 e. The van der Waals surface area contributed by atoms with Gasteiger partial charge in [0.15, 0.2) is 0 Å². The molecule has 0 radical (unpaired) electrons. The number of carboxylic acid groups (broad SMARTS) is 1. The van der Waals surface area contributed by atoms with Crippen molar-refractivity contribution in [2.45, 2.75) is 12.8 Å². The maximum absolute atomic E-state index is 10.4. The Morgan fingerprint density at radius 1 is 1.57 bits per heavy atom. The summed E-state index contributed by atoms with van der Waals surface area (Å²) >= 11 is 5.89. The second-order valence-electron chi connectivity index (χ2n) is 2.85. The number of rotatable bonds is 4. The van der Waals surface area contributed by atoms with E-state index in [1.54, 1.807) is 25.3 Å². The van der Waals surface area contributed by atoms with Crippen molar-refractivity contribution in [3.8, 4) is 5.75 Å². The second-order valence-corrected chi connectivity index (χ2v) is 3.26. The lowest BCUT2D eigenvalue weighted by atomic mass is 10.1. The Hall–Kier alpha value is -1.22. The van der Waals surface area contributed by atoms with Crippen LogP contribution in [0.3, 0.4) is 0 Å². The fraction of sp³-hybridized carbons (Fsp3) is 0.300. The van der Waals surface area contributed by atoms with Crippen molar-refractivity contribution in [1.82, 2.24) is 0 Å². The molecule has 76 valence electrons. The van der Waals surface area contributed by atoms with Gasteiger partial charge in [-0.25, -0.2) is 0 Å². The van der Waals surface area contributed by atoms with Crippen molar-refractivity contribution in [2.75, 3.05) is 7.11 Å². The first-order valence-corrected chi connectivity index (χ1v) is 4.55. The predicted molar refractivity (Wildman–Crippen MR) is 54.0 cm³/mol. The van der Waals surface area contributed by atoms with Gasteiger partial charge in [-0.1, -0.05) is 11.6 Å². The minimum absolute atomic E-state index is 0.0763. The zero-order valence-corrected chi connectivity index (χ0v) is 8.54. The van der Waals surface area contributed by atoms with Crippen LogP contribution in [0.5, 0.6) is 5.75 Å². The summed E-state index contributed by atoms with van der Waals surface area (Å²) in [5, 5.41) is 9.09. The molecule has 0 atom stereocenters. The third-order valence-electron chi connectivity index (χ3n) is 1.86. The Morgan fingerprint density at radius 2 is 2.29 bits per heavy atom. The molecule has 0 bridgehead atoms. The van der Waals surface area contributed by atoms with E-state index in [0.29, 0.717) is 17.2 Å². The quantitative estimate of drug-likeness (QED) is 0.837. The van der Waals surface area contributed by atoms with Crippen LogP contribution in [0, 0.1) is 0 Å². The lowest BCUT2D eigenvalue weighted by Crippen LogP contribution is -1.98. The maximum atomic E-state index is 10.4. The summed E-state index contributed by atoms with van der Waals surface area (Å²) in [7, 11) is 1.56. The van der Waals surface area contributed by atoms with Gasteiger partial charge in [-0.05, 0) is 30.2 Å². The SMILES string of the molecule is COc1ccc(Cl)c(CCC(=O)O)c1. The van der Waals surface area contributed by atoms with E-state index < -0.39 is 5.97 Å². The number of carbonyl (C=O) groups is 1. The van der Waals surface area contributed by atoms with Crippen molar-refractivity contribution >= 4 is 17.6 Å². The van der Waals surface area contributed by atoms with Crippen LogP contribution in [-0.2, 0) is 11.2 Å². The molecular formula is C10H11ClO3. The summed E-state index contributed by atoms with van der Waals surface area (Å²) in [6.45, 7) is 0. The first kappa shape index (κ1) is 10.9. The number of halogens is 1. The number of carboxylic acids is 1. The molecular weight excluding hydrogens is 204 g/mol. The molecule has 1 aromatic carbocycles. The van der Waals surface area contributed by atoms with Gasteiger partial charge in [-0.3, -0.25) is 4.79 Å². The zero-order valence-electron chi connectivity index (χ0n) is 7.79. The number of hydrogen-bond donors (Lipinski definition) is 1. The van der Waals surface area contributed by atoms with Crippen LogP contribution in [0.2, 0.25) is 5.02 Å². The molecule has 1 aromatic rings. The predicted octanol–water partition coefficient (Wildman–Crippen LogP) is 2.37. The fourth-order valence-electron chi connectivity index (χ4n) is 1.11. The third kappa shape index (κ3) is 2.92. The van der Waals surface area contributed by atoms with E-state index in [2.05, 4.69) is 0 Å². The summed E-state index contributed by atoms with van der Waals surface area (Å²) in [6.07, 6.45) is 0.498. The molecule has 3 nitrogen and oxygen atoms in total. The Morgan fingerprint density at radius 3 is 2.86 bits per heavy atom. The summed E-state index contributed by atoms with van der Waals surface area (Å²) in [6, 6.07) is 5.20. The van der Waals surface area contributed by atoms with Crippen molar-refractivity contribution < 1.29 is 14.6 Å². The average molecular weight is 215 g/mol. The fourth-order valence-corrected chi connectivity index (χ4v) is 1.32. The molecule has 1 N–H and O–H groups in total. The summed E-state index contributed by atoms with van der Waals surface area (Å²) in [4.78, 5) is 10.4. The van der Waals surface area contributed by atoms with E-state index in [9.17, 15) is 4.79 Å². The highest BCUT2D eigenvalue weighted by molar-refractivity contribution is 6.31. The molecule has 0 aromatic heterocycles. The highest BCUT2D eigenvalue weighted by Gasteiger charge is 2.04. The van der Waals surface area contributed by atoms with Crippen molar-refractivity contribution in [3.05, 3.63) is 28.8 Å². The highest BCUT2D eigenvalue weighted by Crippen LogP contribution is 2.22. The minimum atomic E-state index is -0.830. The number of methoxy groups -OCH3 is 1. The van der Waals surface area contributed by atoms with Crippen LogP contribution >= 0.6 is 11.6 Å². The van der Waals surface area contributed by atoms with Gasteiger partial charge in [0.1, 0.15) is 5.75 Å². The standard InChI is InChI=1S/C10H11ClO3/c1-14-8-3-4-9(11)7(6-8)2-5-10(12)13/h3-4,6H,2,5H2,1H3,(H,12,13). The summed E-state index contributed by atoms with van der Waals surface area (Å²) < 4.78 is 5.01. The lowest BCUT2D eigenvalue weighted by molar-refractivity contribution is -0.136. The first-order valence-electron chi connectivity index (χ1n) is 4.17. The van der Waals surface area contributed by atoms with Gasteiger partial charge in [0.05, 0.1) is 7.11 Å². The molecule has 0 aliphatic carbocycles. The molecule has 0 fully saturated rings. The number of ether oxygens (including phenoxy) is 1. The van der Waals surface area contributed by atoms with Gasteiger partial charge in [0.2, 0.25) is 0 Å². The zero-order chi connectivity index (χ0) is 10.6. The number of benzene rings is 1. The van der Waals surface area contributed by atoms with Crippen molar-refractivity contribution in [2.24, 2.45) is 0 Å². The first-order chi connectivity index (χ1) is 6.63. The molecule has 0 spiro atoms. The van der Waals surface area contributed by atoms with E-state index in [1.165, 1.54) is 0 Å². The van der Waals surface area contributed by atoms with E-state index in [0.717, 1.165) is 5.56 Å². The maximum Gasteiger partial charge on any atom is 0.303 e. The number of aliphatic carboxylic acids is 1. The Labute approximate surface area is 87.3 Å². The van der Waals surface area contributed by atoms with Crippen LogP contribution in [-0.4, -0.2) is 18.2 Å². The number of aryl methyl sites for hydroxylation is 1. The van der Waals surface area contributed by atoms with Crippen LogP contribution in [0.1, 0.15) is 12.0 Å². The molecule has 0 saturated heterocycles. The third-order valence-corrected chi connectivity index (χ3v) is 2.23. The van der Waals surface area contributed by atoms with Crippen LogP contribution in [0.15, 0.2) is 18.2 Å². The topological polar surface area (TPSA) is 46.5 Å². The molecule has 1 rings (SSSR count). The van der Waals surface area contributed by atoms with Gasteiger partial charge in [0, 0.05) is 11.4 Å². The van der Waals surface area contributed by atoms with Crippen LogP contribution in [0.4, 0.5) is 0 Å². The highest BCUT2D eigenvalue weighted by atomic mass is 35.5. The largest absolute Gasteiger partial charge is 0.497 e. The molecule has 4 heteroatoms. The lowest BCUT2D eigenvalue weighted by Gasteiger charge is -2.05. The average Bonchev–Trinajstić information content (AvgIpc) is 2.16.